The summed E-state index contributed by atoms with van der Waals surface area (Å²) >= 11 is 0. The molecule has 0 radical (unpaired) electrons. The molecule has 3 heteroatoms. The molecule has 1 aromatic rings. The molecule has 0 saturated carbocycles. The molecule has 1 heterocycles. The van der Waals surface area contributed by atoms with E-state index in [1.807, 2.05) is 13.0 Å². The van der Waals surface area contributed by atoms with Gasteiger partial charge in [-0.1, -0.05) is 24.3 Å². The van der Waals surface area contributed by atoms with E-state index in [1.165, 1.54) is 11.1 Å². The van der Waals surface area contributed by atoms with Crippen LogP contribution in [0.5, 0.6) is 0 Å². The Balaban J connectivity index is 2.30. The molecule has 0 aliphatic carbocycles. The van der Waals surface area contributed by atoms with E-state index in [-0.39, 0.29) is 12.1 Å². The second-order valence-corrected chi connectivity index (χ2v) is 3.70. The molecule has 0 saturated heterocycles. The zero-order valence-electron chi connectivity index (χ0n) is 8.36. The summed E-state index contributed by atoms with van der Waals surface area (Å²) in [6.45, 7) is 2.82. The van der Waals surface area contributed by atoms with E-state index in [0.717, 1.165) is 13.0 Å². The highest BCUT2D eigenvalue weighted by atomic mass is 16.5. The van der Waals surface area contributed by atoms with Crippen LogP contribution in [0, 0.1) is 0 Å². The summed E-state index contributed by atoms with van der Waals surface area (Å²) in [5.41, 5.74) is 5.40. The highest BCUT2D eigenvalue weighted by Gasteiger charge is 2.24. The quantitative estimate of drug-likeness (QED) is 0.546. The Labute approximate surface area is 84.2 Å². The standard InChI is InChI=1S/C11H16N2O/c1-8(13-12)11-10-5-3-2-4-9(10)6-7-14-11/h2-5,8,11,13H,6-7,12H2,1H3. The van der Waals surface area contributed by atoms with Crippen LogP contribution in [0.15, 0.2) is 24.3 Å². The first-order chi connectivity index (χ1) is 6.83. The molecule has 3 nitrogen and oxygen atoms in total. The van der Waals surface area contributed by atoms with Crippen molar-refractivity contribution in [1.29, 1.82) is 0 Å². The molecule has 1 aromatic carbocycles. The van der Waals surface area contributed by atoms with Gasteiger partial charge in [0.25, 0.3) is 0 Å². The van der Waals surface area contributed by atoms with E-state index in [4.69, 9.17) is 10.6 Å². The minimum absolute atomic E-state index is 0.0879. The number of hydrogen-bond acceptors (Lipinski definition) is 3. The van der Waals surface area contributed by atoms with Gasteiger partial charge in [0.15, 0.2) is 0 Å². The zero-order valence-corrected chi connectivity index (χ0v) is 8.36. The third kappa shape index (κ3) is 1.66. The monoisotopic (exact) mass is 192 g/mol. The van der Waals surface area contributed by atoms with Crippen LogP contribution in [-0.2, 0) is 11.2 Å². The Morgan fingerprint density at radius 1 is 1.50 bits per heavy atom. The van der Waals surface area contributed by atoms with E-state index >= 15 is 0 Å². The fourth-order valence-electron chi connectivity index (χ4n) is 1.93. The summed E-state index contributed by atoms with van der Waals surface area (Å²) in [5.74, 6) is 5.43. The smallest absolute Gasteiger partial charge is 0.0991 e. The molecule has 1 aliphatic heterocycles. The summed E-state index contributed by atoms with van der Waals surface area (Å²) < 4.78 is 5.71. The Morgan fingerprint density at radius 3 is 3.07 bits per heavy atom. The minimum Gasteiger partial charge on any atom is -0.371 e. The minimum atomic E-state index is 0.0879. The van der Waals surface area contributed by atoms with Gasteiger partial charge in [0, 0.05) is 6.04 Å². The summed E-state index contributed by atoms with van der Waals surface area (Å²) in [4.78, 5) is 0. The number of ether oxygens (including phenoxy) is 1. The Hall–Kier alpha value is -0.900. The molecule has 0 bridgehead atoms. The lowest BCUT2D eigenvalue weighted by Gasteiger charge is -2.30. The van der Waals surface area contributed by atoms with Gasteiger partial charge in [0.1, 0.15) is 0 Å². The van der Waals surface area contributed by atoms with Crippen LogP contribution in [0.3, 0.4) is 0 Å². The highest BCUT2D eigenvalue weighted by Crippen LogP contribution is 2.28. The first-order valence-corrected chi connectivity index (χ1v) is 4.98. The van der Waals surface area contributed by atoms with Gasteiger partial charge in [-0.15, -0.1) is 0 Å². The normalized spacial score (nSPS) is 22.9. The van der Waals surface area contributed by atoms with E-state index in [2.05, 4.69) is 23.6 Å². The predicted octanol–water partition coefficient (Wildman–Crippen LogP) is 1.15. The van der Waals surface area contributed by atoms with Crippen LogP contribution < -0.4 is 11.3 Å². The van der Waals surface area contributed by atoms with Crippen molar-refractivity contribution in [2.45, 2.75) is 25.5 Å². The van der Waals surface area contributed by atoms with Gasteiger partial charge in [-0.3, -0.25) is 11.3 Å². The molecule has 2 rings (SSSR count). The third-order valence-corrected chi connectivity index (χ3v) is 2.75. The Kier molecular flexibility index (Phi) is 2.82. The number of nitrogens with two attached hydrogens (primary N) is 1. The van der Waals surface area contributed by atoms with Crippen LogP contribution in [-0.4, -0.2) is 12.6 Å². The van der Waals surface area contributed by atoms with E-state index in [1.54, 1.807) is 0 Å². The number of hydrogen-bond donors (Lipinski definition) is 2. The van der Waals surface area contributed by atoms with Crippen LogP contribution in [0.2, 0.25) is 0 Å². The molecule has 0 spiro atoms. The maximum atomic E-state index is 5.71. The van der Waals surface area contributed by atoms with Gasteiger partial charge in [-0.05, 0) is 24.5 Å². The number of rotatable bonds is 2. The lowest BCUT2D eigenvalue weighted by molar-refractivity contribution is 0.0198. The lowest BCUT2D eigenvalue weighted by atomic mass is 9.94. The van der Waals surface area contributed by atoms with Crippen molar-refractivity contribution >= 4 is 0 Å². The average Bonchev–Trinajstić information content (AvgIpc) is 2.27. The average molecular weight is 192 g/mol. The molecule has 2 atom stereocenters. The van der Waals surface area contributed by atoms with Gasteiger partial charge < -0.3 is 4.74 Å². The van der Waals surface area contributed by atoms with Crippen molar-refractivity contribution in [3.63, 3.8) is 0 Å². The van der Waals surface area contributed by atoms with E-state index in [9.17, 15) is 0 Å². The van der Waals surface area contributed by atoms with Gasteiger partial charge in [0.05, 0.1) is 12.7 Å². The molecule has 14 heavy (non-hydrogen) atoms. The lowest BCUT2D eigenvalue weighted by Crippen LogP contribution is -2.40. The van der Waals surface area contributed by atoms with Crippen molar-refractivity contribution in [3.05, 3.63) is 35.4 Å². The van der Waals surface area contributed by atoms with Gasteiger partial charge >= 0.3 is 0 Å². The molecule has 3 N–H and O–H groups in total. The SMILES string of the molecule is CC(NN)C1OCCc2ccccc21. The highest BCUT2D eigenvalue weighted by molar-refractivity contribution is 5.31. The van der Waals surface area contributed by atoms with Crippen LogP contribution >= 0.6 is 0 Å². The number of nitrogens with one attached hydrogen (secondary N) is 1. The zero-order chi connectivity index (χ0) is 9.97. The summed E-state index contributed by atoms with van der Waals surface area (Å²) in [5, 5.41) is 0. The summed E-state index contributed by atoms with van der Waals surface area (Å²) in [6.07, 6.45) is 1.09. The molecule has 1 aliphatic rings. The topological polar surface area (TPSA) is 47.3 Å². The molecular formula is C11H16N2O. The van der Waals surface area contributed by atoms with Crippen LogP contribution in [0.1, 0.15) is 24.2 Å². The second kappa shape index (κ2) is 4.09. The van der Waals surface area contributed by atoms with Crippen molar-refractivity contribution in [1.82, 2.24) is 5.43 Å². The maximum Gasteiger partial charge on any atom is 0.0991 e. The van der Waals surface area contributed by atoms with Gasteiger partial charge in [-0.2, -0.15) is 0 Å². The van der Waals surface area contributed by atoms with Gasteiger partial charge in [0.2, 0.25) is 0 Å². The van der Waals surface area contributed by atoms with Crippen LogP contribution in [0.4, 0.5) is 0 Å². The fraction of sp³-hybridized carbons (Fsp3) is 0.455. The molecular weight excluding hydrogens is 176 g/mol. The van der Waals surface area contributed by atoms with Crippen molar-refractivity contribution in [2.75, 3.05) is 6.61 Å². The molecule has 0 amide bonds. The number of hydrazine groups is 1. The maximum absolute atomic E-state index is 5.71. The van der Waals surface area contributed by atoms with Gasteiger partial charge in [-0.25, -0.2) is 0 Å². The Morgan fingerprint density at radius 2 is 2.29 bits per heavy atom. The molecule has 0 aromatic heterocycles. The fourth-order valence-corrected chi connectivity index (χ4v) is 1.93. The largest absolute Gasteiger partial charge is 0.371 e. The summed E-state index contributed by atoms with van der Waals surface area (Å²) in [7, 11) is 0. The van der Waals surface area contributed by atoms with Crippen LogP contribution in [0.25, 0.3) is 0 Å². The number of fused-ring (bicyclic) bond motifs is 1. The molecule has 76 valence electrons. The van der Waals surface area contributed by atoms with E-state index in [0.29, 0.717) is 0 Å². The third-order valence-electron chi connectivity index (χ3n) is 2.75. The molecule has 0 fully saturated rings. The first kappa shape index (κ1) is 9.65. The Bertz CT molecular complexity index is 314. The molecule has 2 unspecified atom stereocenters. The number of benzene rings is 1. The van der Waals surface area contributed by atoms with Crippen molar-refractivity contribution in [3.8, 4) is 0 Å². The van der Waals surface area contributed by atoms with E-state index < -0.39 is 0 Å². The van der Waals surface area contributed by atoms with Crippen molar-refractivity contribution in [2.24, 2.45) is 5.84 Å². The summed E-state index contributed by atoms with van der Waals surface area (Å²) in [6, 6.07) is 8.54. The van der Waals surface area contributed by atoms with Crippen molar-refractivity contribution < 1.29 is 4.74 Å². The predicted molar refractivity (Wildman–Crippen MR) is 55.6 cm³/mol. The first-order valence-electron chi connectivity index (χ1n) is 4.98. The second-order valence-electron chi connectivity index (χ2n) is 3.70.